The van der Waals surface area contributed by atoms with Gasteiger partial charge in [0, 0.05) is 37.9 Å². The van der Waals surface area contributed by atoms with E-state index in [1.807, 2.05) is 32.6 Å². The molecule has 0 aromatic carbocycles. The highest BCUT2D eigenvalue weighted by molar-refractivity contribution is 5.09. The van der Waals surface area contributed by atoms with Crippen molar-refractivity contribution in [1.29, 1.82) is 0 Å². The lowest BCUT2D eigenvalue weighted by Gasteiger charge is -2.18. The Kier molecular flexibility index (Phi) is 3.85. The summed E-state index contributed by atoms with van der Waals surface area (Å²) in [5.41, 5.74) is 7.08. The van der Waals surface area contributed by atoms with Gasteiger partial charge in [-0.1, -0.05) is 6.08 Å². The standard InChI is InChI=1S/C10H18N4/c1-4-5-13(2)8-10(11)9-6-12-14(3)7-9/h4,6-7,10H,1,5,8,11H2,2-3H3. The Morgan fingerprint density at radius 1 is 1.79 bits per heavy atom. The molecule has 1 unspecified atom stereocenters. The molecule has 1 aromatic heterocycles. The van der Waals surface area contributed by atoms with E-state index in [2.05, 4.69) is 16.6 Å². The number of aryl methyl sites for hydroxylation is 1. The smallest absolute Gasteiger partial charge is 0.0537 e. The molecular formula is C10H18N4. The fourth-order valence-corrected chi connectivity index (χ4v) is 1.37. The first-order valence-corrected chi connectivity index (χ1v) is 4.67. The predicted octanol–water partition coefficient (Wildman–Crippen LogP) is 0.538. The molecular weight excluding hydrogens is 176 g/mol. The van der Waals surface area contributed by atoms with Crippen LogP contribution in [0.15, 0.2) is 25.0 Å². The van der Waals surface area contributed by atoms with Crippen molar-refractivity contribution in [2.75, 3.05) is 20.1 Å². The van der Waals surface area contributed by atoms with E-state index in [4.69, 9.17) is 5.73 Å². The first-order chi connectivity index (χ1) is 6.63. The fourth-order valence-electron chi connectivity index (χ4n) is 1.37. The molecule has 1 atom stereocenters. The minimum absolute atomic E-state index is 0.0219. The van der Waals surface area contributed by atoms with Gasteiger partial charge in [0.1, 0.15) is 0 Å². The van der Waals surface area contributed by atoms with Crippen LogP contribution in [0, 0.1) is 0 Å². The molecule has 0 amide bonds. The second-order valence-corrected chi connectivity index (χ2v) is 3.56. The van der Waals surface area contributed by atoms with Crippen molar-refractivity contribution in [3.8, 4) is 0 Å². The summed E-state index contributed by atoms with van der Waals surface area (Å²) >= 11 is 0. The number of aromatic nitrogens is 2. The molecule has 78 valence electrons. The molecule has 1 aromatic rings. The number of hydrogen-bond acceptors (Lipinski definition) is 3. The zero-order valence-electron chi connectivity index (χ0n) is 8.85. The van der Waals surface area contributed by atoms with Crippen molar-refractivity contribution in [2.24, 2.45) is 12.8 Å². The zero-order chi connectivity index (χ0) is 10.6. The monoisotopic (exact) mass is 194 g/mol. The lowest BCUT2D eigenvalue weighted by molar-refractivity contribution is 0.344. The third-order valence-electron chi connectivity index (χ3n) is 2.10. The van der Waals surface area contributed by atoms with E-state index in [0.717, 1.165) is 18.7 Å². The van der Waals surface area contributed by atoms with E-state index < -0.39 is 0 Å². The van der Waals surface area contributed by atoms with Crippen LogP contribution in [0.5, 0.6) is 0 Å². The Bertz CT molecular complexity index is 292. The molecule has 0 saturated heterocycles. The van der Waals surface area contributed by atoms with Crippen molar-refractivity contribution < 1.29 is 0 Å². The highest BCUT2D eigenvalue weighted by Gasteiger charge is 2.09. The van der Waals surface area contributed by atoms with Crippen LogP contribution in [-0.2, 0) is 7.05 Å². The Morgan fingerprint density at radius 3 is 3.00 bits per heavy atom. The van der Waals surface area contributed by atoms with Crippen molar-refractivity contribution in [1.82, 2.24) is 14.7 Å². The summed E-state index contributed by atoms with van der Waals surface area (Å²) < 4.78 is 1.77. The SMILES string of the molecule is C=CCN(C)CC(N)c1cnn(C)c1. The first kappa shape index (κ1) is 10.9. The van der Waals surface area contributed by atoms with E-state index in [1.54, 1.807) is 4.68 Å². The van der Waals surface area contributed by atoms with E-state index >= 15 is 0 Å². The van der Waals surface area contributed by atoms with Gasteiger partial charge in [0.25, 0.3) is 0 Å². The van der Waals surface area contributed by atoms with E-state index in [-0.39, 0.29) is 6.04 Å². The summed E-state index contributed by atoms with van der Waals surface area (Å²) in [4.78, 5) is 2.13. The molecule has 0 spiro atoms. The topological polar surface area (TPSA) is 47.1 Å². The Balaban J connectivity index is 2.49. The van der Waals surface area contributed by atoms with Crippen LogP contribution in [0.25, 0.3) is 0 Å². The third-order valence-corrected chi connectivity index (χ3v) is 2.10. The van der Waals surface area contributed by atoms with Gasteiger partial charge in [0.2, 0.25) is 0 Å². The van der Waals surface area contributed by atoms with Crippen molar-refractivity contribution in [2.45, 2.75) is 6.04 Å². The minimum Gasteiger partial charge on any atom is -0.323 e. The van der Waals surface area contributed by atoms with Crippen LogP contribution in [0.3, 0.4) is 0 Å². The summed E-state index contributed by atoms with van der Waals surface area (Å²) in [6.45, 7) is 5.36. The van der Waals surface area contributed by atoms with Crippen LogP contribution in [0.1, 0.15) is 11.6 Å². The molecule has 0 aliphatic heterocycles. The maximum Gasteiger partial charge on any atom is 0.0537 e. The molecule has 0 aliphatic rings. The normalized spacial score (nSPS) is 13.1. The van der Waals surface area contributed by atoms with Crippen molar-refractivity contribution >= 4 is 0 Å². The molecule has 1 rings (SSSR count). The summed E-state index contributed by atoms with van der Waals surface area (Å²) in [5.74, 6) is 0. The number of hydrogen-bond donors (Lipinski definition) is 1. The first-order valence-electron chi connectivity index (χ1n) is 4.67. The second kappa shape index (κ2) is 4.93. The van der Waals surface area contributed by atoms with Crippen LogP contribution < -0.4 is 5.73 Å². The van der Waals surface area contributed by atoms with Gasteiger partial charge in [-0.25, -0.2) is 0 Å². The molecule has 4 heteroatoms. The second-order valence-electron chi connectivity index (χ2n) is 3.56. The molecule has 1 heterocycles. The van der Waals surface area contributed by atoms with Gasteiger partial charge in [-0.05, 0) is 7.05 Å². The average molecular weight is 194 g/mol. The average Bonchev–Trinajstić information content (AvgIpc) is 2.52. The number of likely N-dealkylation sites (N-methyl/N-ethyl adjacent to an activating group) is 1. The van der Waals surface area contributed by atoms with Gasteiger partial charge in [0.15, 0.2) is 0 Å². The van der Waals surface area contributed by atoms with Gasteiger partial charge >= 0.3 is 0 Å². The van der Waals surface area contributed by atoms with Gasteiger partial charge in [-0.3, -0.25) is 4.68 Å². The number of rotatable bonds is 5. The van der Waals surface area contributed by atoms with Crippen LogP contribution in [-0.4, -0.2) is 34.8 Å². The lowest BCUT2D eigenvalue weighted by atomic mass is 10.1. The van der Waals surface area contributed by atoms with Crippen molar-refractivity contribution in [3.63, 3.8) is 0 Å². The van der Waals surface area contributed by atoms with Crippen LogP contribution >= 0.6 is 0 Å². The van der Waals surface area contributed by atoms with Crippen LogP contribution in [0.4, 0.5) is 0 Å². The molecule has 0 bridgehead atoms. The summed E-state index contributed by atoms with van der Waals surface area (Å²) in [7, 11) is 3.92. The maximum absolute atomic E-state index is 6.01. The Morgan fingerprint density at radius 2 is 2.50 bits per heavy atom. The molecule has 0 radical (unpaired) electrons. The molecule has 0 saturated carbocycles. The highest BCUT2D eigenvalue weighted by atomic mass is 15.2. The third kappa shape index (κ3) is 2.97. The largest absolute Gasteiger partial charge is 0.323 e. The lowest BCUT2D eigenvalue weighted by Crippen LogP contribution is -2.28. The Hall–Kier alpha value is -1.13. The zero-order valence-corrected chi connectivity index (χ0v) is 8.85. The Labute approximate surface area is 85.0 Å². The van der Waals surface area contributed by atoms with E-state index in [1.165, 1.54) is 0 Å². The maximum atomic E-state index is 6.01. The molecule has 0 aliphatic carbocycles. The van der Waals surface area contributed by atoms with Gasteiger partial charge in [-0.2, -0.15) is 5.10 Å². The van der Waals surface area contributed by atoms with E-state index in [0.29, 0.717) is 0 Å². The number of nitrogens with two attached hydrogens (primary N) is 1. The predicted molar refractivity (Wildman–Crippen MR) is 57.8 cm³/mol. The minimum atomic E-state index is 0.0219. The molecule has 2 N–H and O–H groups in total. The van der Waals surface area contributed by atoms with Gasteiger partial charge in [0.05, 0.1) is 6.20 Å². The summed E-state index contributed by atoms with van der Waals surface area (Å²) in [6.07, 6.45) is 5.63. The fraction of sp³-hybridized carbons (Fsp3) is 0.500. The molecule has 4 nitrogen and oxygen atoms in total. The quantitative estimate of drug-likeness (QED) is 0.696. The van der Waals surface area contributed by atoms with Gasteiger partial charge < -0.3 is 10.6 Å². The van der Waals surface area contributed by atoms with E-state index in [9.17, 15) is 0 Å². The summed E-state index contributed by atoms with van der Waals surface area (Å²) in [6, 6.07) is 0.0219. The van der Waals surface area contributed by atoms with Gasteiger partial charge in [-0.15, -0.1) is 6.58 Å². The van der Waals surface area contributed by atoms with Crippen molar-refractivity contribution in [3.05, 3.63) is 30.6 Å². The summed E-state index contributed by atoms with van der Waals surface area (Å²) in [5, 5.41) is 4.09. The molecule has 14 heavy (non-hydrogen) atoms. The number of nitrogens with zero attached hydrogens (tertiary/aromatic N) is 3. The highest BCUT2D eigenvalue weighted by Crippen LogP contribution is 2.09. The molecule has 0 fully saturated rings. The van der Waals surface area contributed by atoms with Crippen LogP contribution in [0.2, 0.25) is 0 Å².